The number of imide groups is 1. The van der Waals surface area contributed by atoms with Crippen LogP contribution in [-0.4, -0.2) is 47.0 Å². The third-order valence-corrected chi connectivity index (χ3v) is 4.80. The smallest absolute Gasteiger partial charge is 0.326 e. The molecule has 1 atom stereocenters. The van der Waals surface area contributed by atoms with Crippen molar-refractivity contribution in [2.75, 3.05) is 11.9 Å². The molecule has 3 amide bonds. The molecule has 0 aromatic heterocycles. The van der Waals surface area contributed by atoms with Crippen molar-refractivity contribution < 1.29 is 28.7 Å². The van der Waals surface area contributed by atoms with E-state index in [9.17, 15) is 24.0 Å². The van der Waals surface area contributed by atoms with E-state index in [2.05, 4.69) is 5.32 Å². The summed E-state index contributed by atoms with van der Waals surface area (Å²) in [6, 6.07) is 12.5. The molecule has 0 unspecified atom stereocenters. The van der Waals surface area contributed by atoms with E-state index in [1.165, 1.54) is 31.2 Å². The van der Waals surface area contributed by atoms with Crippen molar-refractivity contribution in [3.63, 3.8) is 0 Å². The Morgan fingerprint density at radius 3 is 1.97 bits per heavy atom. The monoisotopic (exact) mass is 422 g/mol. The Bertz CT molecular complexity index is 1020. The second-order valence-electron chi connectivity index (χ2n) is 7.46. The first kappa shape index (κ1) is 21.9. The van der Waals surface area contributed by atoms with Crippen molar-refractivity contribution in [3.05, 3.63) is 65.2 Å². The van der Waals surface area contributed by atoms with Crippen LogP contribution in [0.5, 0.6) is 0 Å². The number of Topliss-reactive ketones (excluding diaryl/α,β-unsaturated/α-hetero) is 1. The fraction of sp³-hybridized carbons (Fsp3) is 0.261. The van der Waals surface area contributed by atoms with Gasteiger partial charge in [-0.15, -0.1) is 0 Å². The maximum absolute atomic E-state index is 12.6. The van der Waals surface area contributed by atoms with Crippen LogP contribution >= 0.6 is 0 Å². The van der Waals surface area contributed by atoms with Gasteiger partial charge in [-0.25, -0.2) is 0 Å². The molecule has 31 heavy (non-hydrogen) atoms. The summed E-state index contributed by atoms with van der Waals surface area (Å²) < 4.78 is 5.15. The number of rotatable bonds is 7. The number of benzene rings is 2. The molecule has 2 aromatic carbocycles. The molecule has 1 N–H and O–H groups in total. The molecule has 0 bridgehead atoms. The number of hydrogen-bond donors (Lipinski definition) is 1. The van der Waals surface area contributed by atoms with Gasteiger partial charge in [0.25, 0.3) is 11.8 Å². The van der Waals surface area contributed by atoms with Crippen LogP contribution in [0.4, 0.5) is 5.69 Å². The summed E-state index contributed by atoms with van der Waals surface area (Å²) in [4.78, 5) is 62.0. The Balaban J connectivity index is 1.59. The molecular formula is C23H22N2O6. The third kappa shape index (κ3) is 4.69. The van der Waals surface area contributed by atoms with Crippen LogP contribution in [0.2, 0.25) is 0 Å². The van der Waals surface area contributed by atoms with Crippen LogP contribution in [0.15, 0.2) is 48.5 Å². The number of hydrogen-bond acceptors (Lipinski definition) is 6. The minimum Gasteiger partial charge on any atom is -0.453 e. The summed E-state index contributed by atoms with van der Waals surface area (Å²) in [5.41, 5.74) is 1.30. The van der Waals surface area contributed by atoms with Gasteiger partial charge in [-0.1, -0.05) is 26.0 Å². The van der Waals surface area contributed by atoms with Crippen molar-refractivity contribution in [1.82, 2.24) is 4.90 Å². The van der Waals surface area contributed by atoms with Gasteiger partial charge in [0.2, 0.25) is 11.7 Å². The number of carbonyl (C=O) groups excluding carboxylic acids is 5. The summed E-state index contributed by atoms with van der Waals surface area (Å²) in [6.45, 7) is 4.37. The molecule has 0 saturated carbocycles. The Morgan fingerprint density at radius 2 is 1.45 bits per heavy atom. The number of anilines is 1. The Hall–Kier alpha value is -3.81. The Labute approximate surface area is 179 Å². The van der Waals surface area contributed by atoms with E-state index in [-0.39, 0.29) is 23.0 Å². The van der Waals surface area contributed by atoms with E-state index in [1.54, 1.807) is 38.1 Å². The van der Waals surface area contributed by atoms with Gasteiger partial charge in [-0.05, 0) is 43.3 Å². The number of esters is 1. The van der Waals surface area contributed by atoms with Gasteiger partial charge >= 0.3 is 5.97 Å². The molecule has 8 heteroatoms. The molecule has 1 aliphatic heterocycles. The molecule has 1 aliphatic rings. The first-order valence-electron chi connectivity index (χ1n) is 9.79. The Morgan fingerprint density at radius 1 is 0.903 bits per heavy atom. The van der Waals surface area contributed by atoms with Gasteiger partial charge in [-0.3, -0.25) is 28.9 Å². The highest BCUT2D eigenvalue weighted by molar-refractivity contribution is 6.22. The minimum absolute atomic E-state index is 0.144. The summed E-state index contributed by atoms with van der Waals surface area (Å²) in [5.74, 6) is -2.78. The lowest BCUT2D eigenvalue weighted by Crippen LogP contribution is -2.37. The van der Waals surface area contributed by atoms with Crippen molar-refractivity contribution in [2.24, 2.45) is 5.92 Å². The number of ether oxygens (including phenoxy) is 1. The average molecular weight is 422 g/mol. The molecule has 0 radical (unpaired) electrons. The SMILES string of the molecule is CC(C)C(=O)Nc1ccc(C(=O)[C@H](C)OC(=O)CN2C(=O)c3ccccc3C2=O)cc1. The summed E-state index contributed by atoms with van der Waals surface area (Å²) in [7, 11) is 0. The molecule has 1 heterocycles. The molecule has 160 valence electrons. The molecular weight excluding hydrogens is 400 g/mol. The number of ketones is 1. The predicted molar refractivity (Wildman–Crippen MR) is 112 cm³/mol. The van der Waals surface area contributed by atoms with Crippen LogP contribution in [0.3, 0.4) is 0 Å². The van der Waals surface area contributed by atoms with Gasteiger partial charge in [0, 0.05) is 17.2 Å². The number of fused-ring (bicyclic) bond motifs is 1. The summed E-state index contributed by atoms with van der Waals surface area (Å²) in [6.07, 6.45) is -1.11. The van der Waals surface area contributed by atoms with Crippen molar-refractivity contribution >= 4 is 35.2 Å². The van der Waals surface area contributed by atoms with Crippen molar-refractivity contribution in [3.8, 4) is 0 Å². The first-order valence-corrected chi connectivity index (χ1v) is 9.79. The zero-order valence-corrected chi connectivity index (χ0v) is 17.4. The van der Waals surface area contributed by atoms with Crippen molar-refractivity contribution in [2.45, 2.75) is 26.9 Å². The second kappa shape index (κ2) is 8.91. The van der Waals surface area contributed by atoms with E-state index >= 15 is 0 Å². The second-order valence-corrected chi connectivity index (χ2v) is 7.46. The van der Waals surface area contributed by atoms with Gasteiger partial charge in [-0.2, -0.15) is 0 Å². The highest BCUT2D eigenvalue weighted by atomic mass is 16.5. The lowest BCUT2D eigenvalue weighted by molar-refractivity contribution is -0.146. The van der Waals surface area contributed by atoms with Gasteiger partial charge in [0.15, 0.2) is 6.10 Å². The van der Waals surface area contributed by atoms with E-state index in [4.69, 9.17) is 4.74 Å². The standard InChI is InChI=1S/C23H22N2O6/c1-13(2)21(28)24-16-10-8-15(9-11-16)20(27)14(3)31-19(26)12-25-22(29)17-6-4-5-7-18(17)23(25)30/h4-11,13-14H,12H2,1-3H3,(H,24,28)/t14-/m0/s1. The summed E-state index contributed by atoms with van der Waals surface area (Å²) in [5, 5.41) is 2.72. The fourth-order valence-corrected chi connectivity index (χ4v) is 3.04. The van der Waals surface area contributed by atoms with Crippen LogP contribution in [0.1, 0.15) is 51.8 Å². The molecule has 0 fully saturated rings. The topological polar surface area (TPSA) is 110 Å². The maximum atomic E-state index is 12.6. The Kier molecular flexibility index (Phi) is 6.29. The molecule has 3 rings (SSSR count). The zero-order valence-electron chi connectivity index (χ0n) is 17.4. The quantitative estimate of drug-likeness (QED) is 0.417. The van der Waals surface area contributed by atoms with Crippen LogP contribution < -0.4 is 5.32 Å². The lowest BCUT2D eigenvalue weighted by atomic mass is 10.1. The van der Waals surface area contributed by atoms with E-state index < -0.39 is 36.2 Å². The highest BCUT2D eigenvalue weighted by Gasteiger charge is 2.37. The molecule has 0 spiro atoms. The molecule has 8 nitrogen and oxygen atoms in total. The normalized spacial score (nSPS) is 13.7. The van der Waals surface area contributed by atoms with Crippen LogP contribution in [0.25, 0.3) is 0 Å². The largest absolute Gasteiger partial charge is 0.453 e. The number of carbonyl (C=O) groups is 5. The van der Waals surface area contributed by atoms with E-state index in [0.29, 0.717) is 11.3 Å². The van der Waals surface area contributed by atoms with E-state index in [1.807, 2.05) is 0 Å². The first-order chi connectivity index (χ1) is 14.7. The highest BCUT2D eigenvalue weighted by Crippen LogP contribution is 2.22. The van der Waals surface area contributed by atoms with Gasteiger partial charge in [0.1, 0.15) is 6.54 Å². The van der Waals surface area contributed by atoms with Crippen molar-refractivity contribution in [1.29, 1.82) is 0 Å². The van der Waals surface area contributed by atoms with Crippen LogP contribution in [0, 0.1) is 5.92 Å². The van der Waals surface area contributed by atoms with E-state index in [0.717, 1.165) is 4.90 Å². The minimum atomic E-state index is -1.11. The zero-order chi connectivity index (χ0) is 22.7. The van der Waals surface area contributed by atoms with Gasteiger partial charge < -0.3 is 10.1 Å². The number of nitrogens with one attached hydrogen (secondary N) is 1. The third-order valence-electron chi connectivity index (χ3n) is 4.80. The summed E-state index contributed by atoms with van der Waals surface area (Å²) >= 11 is 0. The number of nitrogens with zero attached hydrogens (tertiary/aromatic N) is 1. The van der Waals surface area contributed by atoms with Crippen LogP contribution in [-0.2, 0) is 14.3 Å². The fourth-order valence-electron chi connectivity index (χ4n) is 3.04. The molecule has 2 aromatic rings. The van der Waals surface area contributed by atoms with Gasteiger partial charge in [0.05, 0.1) is 11.1 Å². The number of amides is 3. The molecule has 0 aliphatic carbocycles. The lowest BCUT2D eigenvalue weighted by Gasteiger charge is -2.16. The maximum Gasteiger partial charge on any atom is 0.326 e. The predicted octanol–water partition coefficient (Wildman–Crippen LogP) is 2.69. The average Bonchev–Trinajstić information content (AvgIpc) is 2.98. The molecule has 0 saturated heterocycles.